The van der Waals surface area contributed by atoms with E-state index < -0.39 is 15.1 Å². The predicted octanol–water partition coefficient (Wildman–Crippen LogP) is 5.27. The van der Waals surface area contributed by atoms with Gasteiger partial charge >= 0.3 is 10.2 Å². The van der Waals surface area contributed by atoms with Crippen molar-refractivity contribution in [3.05, 3.63) is 48.5 Å². The smallest absolute Gasteiger partial charge is 0.253 e. The summed E-state index contributed by atoms with van der Waals surface area (Å²) >= 11 is 0. The third kappa shape index (κ3) is 3.97. The maximum absolute atomic E-state index is 12.6. The second-order valence-electron chi connectivity index (χ2n) is 4.29. The SMILES string of the molecule is C/C(=N\c1ccc(S(F)(F)(F)(F)F)cc1)c1cncnc1. The van der Waals surface area contributed by atoms with E-state index in [0.29, 0.717) is 23.4 Å². The standard InChI is InChI=1S/C12H10F5N3S/c1-9(10-6-18-8-19-7-10)20-11-2-4-12(5-3-11)21(13,14,15,16)17/h2-8H,1H3/b20-9+. The molecule has 0 amide bonds. The number of aromatic nitrogens is 2. The quantitative estimate of drug-likeness (QED) is 0.570. The molecule has 0 N–H and O–H groups in total. The zero-order valence-corrected chi connectivity index (χ0v) is 11.5. The molecule has 0 radical (unpaired) electrons. The predicted molar refractivity (Wildman–Crippen MR) is 71.7 cm³/mol. The molecule has 9 heteroatoms. The highest BCUT2D eigenvalue weighted by atomic mass is 32.5. The first-order valence-corrected chi connectivity index (χ1v) is 7.56. The van der Waals surface area contributed by atoms with Gasteiger partial charge in [0.2, 0.25) is 0 Å². The van der Waals surface area contributed by atoms with Crippen molar-refractivity contribution in [1.82, 2.24) is 9.97 Å². The number of hydrogen-bond acceptors (Lipinski definition) is 3. The van der Waals surface area contributed by atoms with Gasteiger partial charge in [-0.15, -0.1) is 0 Å². The molecule has 0 atom stereocenters. The van der Waals surface area contributed by atoms with Crippen molar-refractivity contribution in [3.63, 3.8) is 0 Å². The lowest BCUT2D eigenvalue weighted by Crippen LogP contribution is -2.05. The summed E-state index contributed by atoms with van der Waals surface area (Å²) in [7, 11) is -9.63. The van der Waals surface area contributed by atoms with Gasteiger partial charge in [0.15, 0.2) is 0 Å². The molecular formula is C12H10F5N3S. The van der Waals surface area contributed by atoms with Crippen LogP contribution < -0.4 is 0 Å². The van der Waals surface area contributed by atoms with E-state index in [1.807, 2.05) is 0 Å². The number of hydrogen-bond donors (Lipinski definition) is 0. The van der Waals surface area contributed by atoms with Crippen LogP contribution in [0.4, 0.5) is 25.1 Å². The van der Waals surface area contributed by atoms with E-state index >= 15 is 0 Å². The van der Waals surface area contributed by atoms with Gasteiger partial charge in [0, 0.05) is 23.7 Å². The molecule has 0 spiro atoms. The van der Waals surface area contributed by atoms with Gasteiger partial charge in [-0.1, -0.05) is 19.4 Å². The zero-order valence-electron chi connectivity index (χ0n) is 10.7. The Bertz CT molecular complexity index is 681. The van der Waals surface area contributed by atoms with Crippen LogP contribution in [0.1, 0.15) is 12.5 Å². The summed E-state index contributed by atoms with van der Waals surface area (Å²) in [6.45, 7) is 1.61. The fraction of sp³-hybridized carbons (Fsp3) is 0.0833. The van der Waals surface area contributed by atoms with Crippen LogP contribution in [-0.4, -0.2) is 15.7 Å². The maximum Gasteiger partial charge on any atom is 0.310 e. The molecule has 0 unspecified atom stereocenters. The molecule has 0 fully saturated rings. The molecule has 2 rings (SSSR count). The number of rotatable bonds is 3. The minimum Gasteiger partial charge on any atom is -0.253 e. The summed E-state index contributed by atoms with van der Waals surface area (Å²) in [5.74, 6) is 0. The van der Waals surface area contributed by atoms with Crippen LogP contribution in [0.15, 0.2) is 52.9 Å². The second-order valence-corrected chi connectivity index (χ2v) is 6.70. The van der Waals surface area contributed by atoms with E-state index in [9.17, 15) is 19.4 Å². The minimum absolute atomic E-state index is 0.127. The first-order chi connectivity index (χ1) is 9.45. The van der Waals surface area contributed by atoms with E-state index in [2.05, 4.69) is 15.0 Å². The molecule has 0 aliphatic rings. The van der Waals surface area contributed by atoms with Gasteiger partial charge in [0.25, 0.3) is 0 Å². The molecule has 2 aromatic rings. The third-order valence-electron chi connectivity index (χ3n) is 2.56. The highest BCUT2D eigenvalue weighted by molar-refractivity contribution is 8.45. The highest BCUT2D eigenvalue weighted by Gasteiger charge is 2.65. The topological polar surface area (TPSA) is 38.1 Å². The molecule has 0 saturated heterocycles. The molecule has 21 heavy (non-hydrogen) atoms. The van der Waals surface area contributed by atoms with Gasteiger partial charge in [-0.05, 0) is 31.2 Å². The van der Waals surface area contributed by atoms with Gasteiger partial charge in [-0.3, -0.25) is 4.99 Å². The zero-order chi connectivity index (χ0) is 15.8. The fourth-order valence-corrected chi connectivity index (χ4v) is 2.17. The van der Waals surface area contributed by atoms with Crippen LogP contribution >= 0.6 is 10.2 Å². The summed E-state index contributed by atoms with van der Waals surface area (Å²) in [4.78, 5) is 9.65. The van der Waals surface area contributed by atoms with Crippen LogP contribution in [0.2, 0.25) is 0 Å². The Labute approximate surface area is 117 Å². The molecule has 3 nitrogen and oxygen atoms in total. The van der Waals surface area contributed by atoms with Crippen molar-refractivity contribution in [1.29, 1.82) is 0 Å². The van der Waals surface area contributed by atoms with E-state index in [0.717, 1.165) is 12.1 Å². The minimum atomic E-state index is -9.63. The normalized spacial score (nSPS) is 16.2. The summed E-state index contributed by atoms with van der Waals surface area (Å²) in [6, 6.07) is 2.44. The second kappa shape index (κ2) is 4.23. The average Bonchev–Trinajstić information content (AvgIpc) is 2.37. The van der Waals surface area contributed by atoms with Gasteiger partial charge in [0.1, 0.15) is 11.2 Å². The lowest BCUT2D eigenvalue weighted by Gasteiger charge is -2.40. The van der Waals surface area contributed by atoms with Gasteiger partial charge < -0.3 is 0 Å². The number of aliphatic imine (C=N–C) groups is 1. The van der Waals surface area contributed by atoms with Crippen molar-refractivity contribution >= 4 is 21.6 Å². The Hall–Kier alpha value is -2.03. The van der Waals surface area contributed by atoms with E-state index in [1.165, 1.54) is 18.7 Å². The molecule has 1 aromatic heterocycles. The Morgan fingerprint density at radius 1 is 0.952 bits per heavy atom. The van der Waals surface area contributed by atoms with Gasteiger partial charge in [0.05, 0.1) is 5.69 Å². The summed E-state index contributed by atoms with van der Waals surface area (Å²) < 4.78 is 62.8. The van der Waals surface area contributed by atoms with Crippen LogP contribution in [0.25, 0.3) is 0 Å². The molecule has 0 saturated carbocycles. The molecule has 0 aliphatic carbocycles. The molecule has 0 aliphatic heterocycles. The van der Waals surface area contributed by atoms with Crippen molar-refractivity contribution in [2.24, 2.45) is 4.99 Å². The van der Waals surface area contributed by atoms with Crippen LogP contribution in [0.5, 0.6) is 0 Å². The van der Waals surface area contributed by atoms with Gasteiger partial charge in [-0.2, -0.15) is 0 Å². The largest absolute Gasteiger partial charge is 0.310 e. The number of benzene rings is 1. The molecule has 114 valence electrons. The summed E-state index contributed by atoms with van der Waals surface area (Å²) in [5, 5.41) is 0. The number of halogens is 5. The average molecular weight is 323 g/mol. The van der Waals surface area contributed by atoms with Crippen LogP contribution in [-0.2, 0) is 0 Å². The molecule has 1 heterocycles. The van der Waals surface area contributed by atoms with Crippen molar-refractivity contribution in [2.75, 3.05) is 0 Å². The number of nitrogens with zero attached hydrogens (tertiary/aromatic N) is 3. The molecular weight excluding hydrogens is 313 g/mol. The Morgan fingerprint density at radius 2 is 1.48 bits per heavy atom. The fourth-order valence-electron chi connectivity index (χ4n) is 1.52. The van der Waals surface area contributed by atoms with Crippen molar-refractivity contribution in [2.45, 2.75) is 11.8 Å². The molecule has 1 aromatic carbocycles. The Balaban J connectivity index is 2.34. The monoisotopic (exact) mass is 323 g/mol. The van der Waals surface area contributed by atoms with E-state index in [-0.39, 0.29) is 5.69 Å². The Morgan fingerprint density at radius 3 is 1.95 bits per heavy atom. The lowest BCUT2D eigenvalue weighted by atomic mass is 10.2. The maximum atomic E-state index is 12.6. The summed E-state index contributed by atoms with van der Waals surface area (Å²) in [6.07, 6.45) is 4.28. The van der Waals surface area contributed by atoms with E-state index in [1.54, 1.807) is 6.92 Å². The van der Waals surface area contributed by atoms with Crippen molar-refractivity contribution in [3.8, 4) is 0 Å². The first kappa shape index (κ1) is 15.4. The van der Waals surface area contributed by atoms with Crippen LogP contribution in [0, 0.1) is 0 Å². The van der Waals surface area contributed by atoms with E-state index in [4.69, 9.17) is 0 Å². The first-order valence-electron chi connectivity index (χ1n) is 5.60. The summed E-state index contributed by atoms with van der Waals surface area (Å²) in [5.41, 5.74) is 1.16. The van der Waals surface area contributed by atoms with Gasteiger partial charge in [-0.25, -0.2) is 9.97 Å². The highest BCUT2D eigenvalue weighted by Crippen LogP contribution is 3.02. The van der Waals surface area contributed by atoms with Crippen molar-refractivity contribution < 1.29 is 19.4 Å². The molecule has 0 bridgehead atoms. The Kier molecular flexibility index (Phi) is 3.10. The third-order valence-corrected chi connectivity index (χ3v) is 3.72. The van der Waals surface area contributed by atoms with Crippen LogP contribution in [0.3, 0.4) is 0 Å². The lowest BCUT2D eigenvalue weighted by molar-refractivity contribution is 0.364.